The lowest BCUT2D eigenvalue weighted by Gasteiger charge is -2.31. The van der Waals surface area contributed by atoms with Gasteiger partial charge in [0.25, 0.3) is 0 Å². The number of halogens is 2. The fourth-order valence-electron chi connectivity index (χ4n) is 2.10. The summed E-state index contributed by atoms with van der Waals surface area (Å²) in [5.41, 5.74) is 1.14. The Kier molecular flexibility index (Phi) is 6.52. The summed E-state index contributed by atoms with van der Waals surface area (Å²) in [4.78, 5) is 11.3. The summed E-state index contributed by atoms with van der Waals surface area (Å²) in [6.07, 6.45) is 2.30. The number of aliphatic carboxylic acids is 1. The molecule has 0 spiro atoms. The number of quaternary nitrogens is 1. The maximum absolute atomic E-state index is 11.3. The van der Waals surface area contributed by atoms with Crippen LogP contribution >= 0.6 is 45.2 Å². The third-order valence-electron chi connectivity index (χ3n) is 3.24. The number of likely N-dealkylation sites (N-methyl/N-ethyl adjacent to an activating group) is 1. The van der Waals surface area contributed by atoms with Crippen LogP contribution in [-0.4, -0.2) is 47.9 Å². The lowest BCUT2D eigenvalue weighted by atomic mass is 10.0. The summed E-state index contributed by atoms with van der Waals surface area (Å²) in [5.74, 6) is -0.419. The molecule has 0 unspecified atom stereocenters. The molecule has 0 saturated carbocycles. The Morgan fingerprint density at radius 3 is 2.15 bits per heavy atom. The number of carboxylic acids is 1. The third kappa shape index (κ3) is 5.03. The molecule has 1 aromatic carbocycles. The summed E-state index contributed by atoms with van der Waals surface area (Å²) in [6, 6.07) is 3.53. The number of hydrogen-bond acceptors (Lipinski definition) is 2. The van der Waals surface area contributed by atoms with Gasteiger partial charge in [0, 0.05) is 6.42 Å². The van der Waals surface area contributed by atoms with Crippen molar-refractivity contribution in [1.29, 1.82) is 0 Å². The van der Waals surface area contributed by atoms with Crippen molar-refractivity contribution in [2.24, 2.45) is 0 Å². The molecule has 0 heterocycles. The summed E-state index contributed by atoms with van der Waals surface area (Å²) < 4.78 is 2.11. The molecule has 0 fully saturated rings. The number of phenols is 1. The Balaban J connectivity index is 2.66. The van der Waals surface area contributed by atoms with Crippen molar-refractivity contribution in [3.63, 3.8) is 0 Å². The molecule has 2 N–H and O–H groups in total. The Bertz CT molecular complexity index is 475. The molecule has 0 aliphatic rings. The molecule has 0 radical (unpaired) electrons. The predicted molar refractivity (Wildman–Crippen MR) is 95.9 cm³/mol. The van der Waals surface area contributed by atoms with Gasteiger partial charge in [-0.2, -0.15) is 0 Å². The number of aryl methyl sites for hydroxylation is 1. The first-order valence-electron chi connectivity index (χ1n) is 6.33. The molecule has 0 amide bonds. The lowest BCUT2D eigenvalue weighted by Crippen LogP contribution is -2.49. The van der Waals surface area contributed by atoms with Crippen LogP contribution in [0.25, 0.3) is 0 Å². The van der Waals surface area contributed by atoms with Crippen LogP contribution in [-0.2, 0) is 11.2 Å². The van der Waals surface area contributed by atoms with E-state index < -0.39 is 5.97 Å². The van der Waals surface area contributed by atoms with Gasteiger partial charge in [0.05, 0.1) is 28.3 Å². The van der Waals surface area contributed by atoms with Crippen molar-refractivity contribution in [3.8, 4) is 5.75 Å². The van der Waals surface area contributed by atoms with Crippen LogP contribution in [0.3, 0.4) is 0 Å². The van der Waals surface area contributed by atoms with Crippen LogP contribution in [0.4, 0.5) is 0 Å². The van der Waals surface area contributed by atoms with Crippen LogP contribution in [0, 0.1) is 7.14 Å². The van der Waals surface area contributed by atoms with Crippen molar-refractivity contribution >= 4 is 51.2 Å². The molecule has 6 heteroatoms. The molecule has 1 aromatic rings. The van der Waals surface area contributed by atoms with E-state index in [1.807, 2.05) is 33.3 Å². The lowest BCUT2D eigenvalue weighted by molar-refractivity contribution is -0.887. The molecule has 4 nitrogen and oxygen atoms in total. The zero-order chi connectivity index (χ0) is 15.5. The van der Waals surface area contributed by atoms with Gasteiger partial charge in [-0.1, -0.05) is 0 Å². The smallest absolute Gasteiger partial charge is 0.362 e. The summed E-state index contributed by atoms with van der Waals surface area (Å²) in [5, 5.41) is 19.0. The first-order valence-corrected chi connectivity index (χ1v) is 8.49. The van der Waals surface area contributed by atoms with Crippen molar-refractivity contribution in [2.75, 3.05) is 21.1 Å². The minimum absolute atomic E-state index is 0.324. The van der Waals surface area contributed by atoms with Crippen molar-refractivity contribution in [3.05, 3.63) is 24.8 Å². The number of aromatic hydroxyl groups is 1. The summed E-state index contributed by atoms with van der Waals surface area (Å²) in [7, 11) is 5.72. The minimum atomic E-state index is -0.743. The average molecular weight is 504 g/mol. The number of carboxylic acid groups (broad SMARTS) is 1. The molecule has 0 saturated heterocycles. The first-order chi connectivity index (χ1) is 9.12. The number of nitrogens with zero attached hydrogens (tertiary/aromatic N) is 1. The Morgan fingerprint density at radius 1 is 1.25 bits per heavy atom. The molecule has 0 aromatic heterocycles. The number of benzene rings is 1. The van der Waals surface area contributed by atoms with E-state index in [1.54, 1.807) is 0 Å². The number of rotatable bonds is 6. The SMILES string of the molecule is C[N+](C)(C)[C@H](CCCc1cc(I)c(O)c(I)c1)C(=O)O. The standard InChI is InChI=1S/C14H19I2NO3/c1-17(2,3)12(14(19)20)6-4-5-9-7-10(15)13(18)11(16)8-9/h7-8,12H,4-6H2,1-3H3,(H-,18,19,20)/p+1/t12-/m1/s1. The highest BCUT2D eigenvalue weighted by atomic mass is 127. The van der Waals surface area contributed by atoms with Gasteiger partial charge in [-0.05, 0) is 75.7 Å². The van der Waals surface area contributed by atoms with Crippen LogP contribution in [0.15, 0.2) is 12.1 Å². The van der Waals surface area contributed by atoms with E-state index in [0.717, 1.165) is 25.5 Å². The second-order valence-corrected chi connectivity index (χ2v) is 8.09. The highest BCUT2D eigenvalue weighted by molar-refractivity contribution is 14.1. The predicted octanol–water partition coefficient (Wildman–Crippen LogP) is 3.08. The van der Waals surface area contributed by atoms with Gasteiger partial charge in [-0.15, -0.1) is 0 Å². The van der Waals surface area contributed by atoms with Gasteiger partial charge in [-0.3, -0.25) is 0 Å². The van der Waals surface area contributed by atoms with E-state index in [4.69, 9.17) is 0 Å². The van der Waals surface area contributed by atoms with Crippen LogP contribution in [0.2, 0.25) is 0 Å². The highest BCUT2D eigenvalue weighted by Crippen LogP contribution is 2.28. The average Bonchev–Trinajstić information content (AvgIpc) is 2.29. The van der Waals surface area contributed by atoms with Gasteiger partial charge in [0.1, 0.15) is 5.75 Å². The fourth-order valence-corrected chi connectivity index (χ4v) is 4.00. The largest absolute Gasteiger partial charge is 0.506 e. The molecule has 0 bridgehead atoms. The first kappa shape index (κ1) is 18.0. The van der Waals surface area contributed by atoms with Gasteiger partial charge < -0.3 is 14.7 Å². The molecule has 0 aliphatic heterocycles. The van der Waals surface area contributed by atoms with E-state index >= 15 is 0 Å². The van der Waals surface area contributed by atoms with Crippen LogP contribution < -0.4 is 0 Å². The van der Waals surface area contributed by atoms with Gasteiger partial charge in [0.15, 0.2) is 6.04 Å². The molecule has 1 rings (SSSR count). The van der Waals surface area contributed by atoms with E-state index in [-0.39, 0.29) is 6.04 Å². The van der Waals surface area contributed by atoms with Crippen LogP contribution in [0.5, 0.6) is 5.75 Å². The maximum atomic E-state index is 11.3. The molecule has 0 aliphatic carbocycles. The number of phenolic OH excluding ortho intramolecular Hbond substituents is 1. The Morgan fingerprint density at radius 2 is 1.75 bits per heavy atom. The van der Waals surface area contributed by atoms with Gasteiger partial charge in [0.2, 0.25) is 0 Å². The zero-order valence-electron chi connectivity index (χ0n) is 11.9. The molecule has 1 atom stereocenters. The highest BCUT2D eigenvalue weighted by Gasteiger charge is 2.30. The second-order valence-electron chi connectivity index (χ2n) is 5.77. The molecule has 20 heavy (non-hydrogen) atoms. The van der Waals surface area contributed by atoms with Gasteiger partial charge >= 0.3 is 5.97 Å². The number of hydrogen-bond donors (Lipinski definition) is 2. The number of carbonyl (C=O) groups is 1. The molecular formula is C14H20I2NO3+. The monoisotopic (exact) mass is 504 g/mol. The van der Waals surface area contributed by atoms with Crippen LogP contribution in [0.1, 0.15) is 18.4 Å². The maximum Gasteiger partial charge on any atom is 0.362 e. The second kappa shape index (κ2) is 7.26. The minimum Gasteiger partial charge on any atom is -0.506 e. The Labute approximate surface area is 147 Å². The van der Waals surface area contributed by atoms with E-state index in [9.17, 15) is 15.0 Å². The Hall–Kier alpha value is -0.0900. The van der Waals surface area contributed by atoms with E-state index in [2.05, 4.69) is 45.2 Å². The van der Waals surface area contributed by atoms with Crippen molar-refractivity contribution in [1.82, 2.24) is 0 Å². The summed E-state index contributed by atoms with van der Waals surface area (Å²) in [6.45, 7) is 0. The van der Waals surface area contributed by atoms with Gasteiger partial charge in [-0.25, -0.2) is 4.79 Å². The third-order valence-corrected chi connectivity index (χ3v) is 4.88. The quantitative estimate of drug-likeness (QED) is 0.463. The van der Waals surface area contributed by atoms with Crippen molar-refractivity contribution in [2.45, 2.75) is 25.3 Å². The molecule has 112 valence electrons. The van der Waals surface area contributed by atoms with E-state index in [1.165, 1.54) is 0 Å². The van der Waals surface area contributed by atoms with E-state index in [0.29, 0.717) is 16.7 Å². The fraction of sp³-hybridized carbons (Fsp3) is 0.500. The van der Waals surface area contributed by atoms with Crippen molar-refractivity contribution < 1.29 is 19.5 Å². The zero-order valence-corrected chi connectivity index (χ0v) is 16.2. The normalized spacial score (nSPS) is 13.2. The summed E-state index contributed by atoms with van der Waals surface area (Å²) >= 11 is 4.22. The topological polar surface area (TPSA) is 57.5 Å². The molecular weight excluding hydrogens is 484 g/mol.